The molecule has 2 aromatic heterocycles. The number of nitrogens with one attached hydrogen (secondary N) is 1. The third-order valence-electron chi connectivity index (χ3n) is 3.02. The van der Waals surface area contributed by atoms with Crippen molar-refractivity contribution in [2.24, 2.45) is 0 Å². The van der Waals surface area contributed by atoms with Gasteiger partial charge < -0.3 is 14.1 Å². The van der Waals surface area contributed by atoms with Crippen molar-refractivity contribution in [1.29, 1.82) is 0 Å². The number of para-hydroxylation sites is 1. The zero-order valence-corrected chi connectivity index (χ0v) is 11.2. The van der Waals surface area contributed by atoms with Crippen LogP contribution in [-0.4, -0.2) is 15.9 Å². The molecule has 0 bridgehead atoms. The van der Waals surface area contributed by atoms with Crippen LogP contribution in [0.4, 0.5) is 0 Å². The van der Waals surface area contributed by atoms with Crippen molar-refractivity contribution in [3.05, 3.63) is 64.6 Å². The molecule has 3 rings (SSSR count). The molecule has 0 saturated heterocycles. The average Bonchev–Trinajstić information content (AvgIpc) is 3.01. The molecule has 0 amide bonds. The number of carbonyl (C=O) groups is 1. The highest BCUT2D eigenvalue weighted by atomic mass is 16.6. The van der Waals surface area contributed by atoms with E-state index < -0.39 is 12.1 Å². The van der Waals surface area contributed by atoms with Crippen LogP contribution in [0.25, 0.3) is 10.9 Å². The van der Waals surface area contributed by atoms with Crippen molar-refractivity contribution >= 4 is 16.9 Å². The number of esters is 1. The Morgan fingerprint density at radius 2 is 2.10 bits per heavy atom. The first-order valence-corrected chi connectivity index (χ1v) is 6.38. The van der Waals surface area contributed by atoms with Gasteiger partial charge in [-0.05, 0) is 31.2 Å². The summed E-state index contributed by atoms with van der Waals surface area (Å²) in [5.74, 6) is -0.216. The normalized spacial score (nSPS) is 12.2. The summed E-state index contributed by atoms with van der Waals surface area (Å²) in [7, 11) is 0. The number of hydrogen-bond acceptors (Lipinski definition) is 5. The minimum atomic E-state index is -0.695. The van der Waals surface area contributed by atoms with E-state index in [0.29, 0.717) is 16.7 Å². The molecule has 0 saturated carbocycles. The summed E-state index contributed by atoms with van der Waals surface area (Å²) >= 11 is 0. The van der Waals surface area contributed by atoms with Crippen LogP contribution in [0.2, 0.25) is 0 Å². The Morgan fingerprint density at radius 3 is 2.86 bits per heavy atom. The Bertz CT molecular complexity index is 836. The number of rotatable bonds is 3. The van der Waals surface area contributed by atoms with Crippen LogP contribution in [0.15, 0.2) is 51.9 Å². The average molecular weight is 284 g/mol. The summed E-state index contributed by atoms with van der Waals surface area (Å²) in [6, 6.07) is 10.1. The summed E-state index contributed by atoms with van der Waals surface area (Å²) in [5, 5.41) is 0.491. The van der Waals surface area contributed by atoms with E-state index in [1.807, 2.05) is 0 Å². The zero-order chi connectivity index (χ0) is 14.8. The van der Waals surface area contributed by atoms with E-state index in [9.17, 15) is 9.59 Å². The Balaban J connectivity index is 1.89. The number of aromatic amines is 1. The standard InChI is InChI=1S/C15H12N2O4/c1-9(21-15(19)12-7-4-8-20-12)13-16-11-6-3-2-5-10(11)14(18)17-13/h2-9H,1H3,(H,16,17,18). The van der Waals surface area contributed by atoms with Gasteiger partial charge in [-0.3, -0.25) is 4.79 Å². The number of carbonyl (C=O) groups excluding carboxylic acids is 1. The van der Waals surface area contributed by atoms with Crippen molar-refractivity contribution in [3.63, 3.8) is 0 Å². The second-order valence-electron chi connectivity index (χ2n) is 4.49. The van der Waals surface area contributed by atoms with Crippen molar-refractivity contribution in [2.75, 3.05) is 0 Å². The molecule has 1 N–H and O–H groups in total. The minimum Gasteiger partial charge on any atom is -0.457 e. The largest absolute Gasteiger partial charge is 0.457 e. The maximum atomic E-state index is 12.0. The van der Waals surface area contributed by atoms with Crippen molar-refractivity contribution < 1.29 is 13.9 Å². The summed E-state index contributed by atoms with van der Waals surface area (Å²) in [6.45, 7) is 1.63. The molecule has 2 heterocycles. The van der Waals surface area contributed by atoms with Crippen LogP contribution in [0.5, 0.6) is 0 Å². The topological polar surface area (TPSA) is 85.2 Å². The lowest BCUT2D eigenvalue weighted by atomic mass is 10.2. The number of aromatic nitrogens is 2. The van der Waals surface area contributed by atoms with E-state index in [-0.39, 0.29) is 11.3 Å². The van der Waals surface area contributed by atoms with Gasteiger partial charge in [0.15, 0.2) is 11.9 Å². The number of hydrogen-bond donors (Lipinski definition) is 1. The summed E-state index contributed by atoms with van der Waals surface area (Å²) < 4.78 is 10.2. The van der Waals surface area contributed by atoms with Crippen LogP contribution in [0, 0.1) is 0 Å². The lowest BCUT2D eigenvalue weighted by Gasteiger charge is -2.11. The molecule has 1 atom stereocenters. The molecule has 0 aliphatic carbocycles. The summed E-state index contributed by atoms with van der Waals surface area (Å²) in [4.78, 5) is 30.7. The molecule has 1 unspecified atom stereocenters. The molecule has 0 aliphatic heterocycles. The number of fused-ring (bicyclic) bond motifs is 1. The first-order valence-electron chi connectivity index (χ1n) is 6.38. The van der Waals surface area contributed by atoms with Gasteiger partial charge in [-0.2, -0.15) is 0 Å². The molecule has 21 heavy (non-hydrogen) atoms. The molecular formula is C15H12N2O4. The fourth-order valence-electron chi connectivity index (χ4n) is 1.97. The van der Waals surface area contributed by atoms with Crippen LogP contribution in [-0.2, 0) is 4.74 Å². The highest BCUT2D eigenvalue weighted by molar-refractivity contribution is 5.86. The van der Waals surface area contributed by atoms with E-state index >= 15 is 0 Å². The van der Waals surface area contributed by atoms with Gasteiger partial charge in [0.1, 0.15) is 0 Å². The number of furan rings is 1. The molecule has 3 aromatic rings. The van der Waals surface area contributed by atoms with E-state index in [4.69, 9.17) is 9.15 Å². The monoisotopic (exact) mass is 284 g/mol. The number of ether oxygens (including phenoxy) is 1. The number of benzene rings is 1. The van der Waals surface area contributed by atoms with Gasteiger partial charge in [-0.25, -0.2) is 9.78 Å². The molecule has 6 heteroatoms. The van der Waals surface area contributed by atoms with Gasteiger partial charge in [0, 0.05) is 0 Å². The predicted octanol–water partition coefficient (Wildman–Crippen LogP) is 2.43. The summed E-state index contributed by atoms with van der Waals surface area (Å²) in [5.41, 5.74) is 0.286. The Labute approximate surface area is 119 Å². The molecule has 0 aliphatic rings. The Hall–Kier alpha value is -2.89. The van der Waals surface area contributed by atoms with E-state index in [0.717, 1.165) is 0 Å². The molecule has 1 aromatic carbocycles. The maximum absolute atomic E-state index is 12.0. The van der Waals surface area contributed by atoms with Crippen molar-refractivity contribution in [3.8, 4) is 0 Å². The smallest absolute Gasteiger partial charge is 0.374 e. The molecule has 0 radical (unpaired) electrons. The van der Waals surface area contributed by atoms with Gasteiger partial charge in [0.05, 0.1) is 17.2 Å². The second-order valence-corrected chi connectivity index (χ2v) is 4.49. The molecular weight excluding hydrogens is 272 g/mol. The lowest BCUT2D eigenvalue weighted by molar-refractivity contribution is 0.0284. The first-order chi connectivity index (χ1) is 10.1. The fourth-order valence-corrected chi connectivity index (χ4v) is 1.97. The number of nitrogens with zero attached hydrogens (tertiary/aromatic N) is 1. The van der Waals surface area contributed by atoms with Crippen LogP contribution in [0.1, 0.15) is 29.4 Å². The number of H-pyrrole nitrogens is 1. The molecule has 106 valence electrons. The van der Waals surface area contributed by atoms with Gasteiger partial charge in [0.2, 0.25) is 5.76 Å². The fraction of sp³-hybridized carbons (Fsp3) is 0.133. The predicted molar refractivity (Wildman–Crippen MR) is 74.9 cm³/mol. The van der Waals surface area contributed by atoms with Gasteiger partial charge in [-0.1, -0.05) is 12.1 Å². The van der Waals surface area contributed by atoms with E-state index in [1.165, 1.54) is 12.3 Å². The zero-order valence-electron chi connectivity index (χ0n) is 11.2. The molecule has 0 fully saturated rings. The SMILES string of the molecule is CC(OC(=O)c1ccco1)c1nc2ccccc2c(=O)[nH]1. The van der Waals surface area contributed by atoms with Gasteiger partial charge in [-0.15, -0.1) is 0 Å². The quantitative estimate of drug-likeness (QED) is 0.746. The second kappa shape index (κ2) is 5.24. The summed E-state index contributed by atoms with van der Waals surface area (Å²) in [6.07, 6.45) is 0.692. The van der Waals surface area contributed by atoms with E-state index in [1.54, 1.807) is 37.3 Å². The van der Waals surface area contributed by atoms with Crippen molar-refractivity contribution in [1.82, 2.24) is 9.97 Å². The minimum absolute atomic E-state index is 0.102. The van der Waals surface area contributed by atoms with E-state index in [2.05, 4.69) is 9.97 Å². The highest BCUT2D eigenvalue weighted by Gasteiger charge is 2.18. The van der Waals surface area contributed by atoms with Crippen molar-refractivity contribution in [2.45, 2.75) is 13.0 Å². The third kappa shape index (κ3) is 2.55. The molecule has 0 spiro atoms. The van der Waals surface area contributed by atoms with Gasteiger partial charge in [0.25, 0.3) is 5.56 Å². The van der Waals surface area contributed by atoms with Crippen LogP contribution < -0.4 is 5.56 Å². The Kier molecular flexibility index (Phi) is 3.27. The molecule has 6 nitrogen and oxygen atoms in total. The third-order valence-corrected chi connectivity index (χ3v) is 3.02. The van der Waals surface area contributed by atoms with Crippen LogP contribution >= 0.6 is 0 Å². The Morgan fingerprint density at radius 1 is 1.29 bits per heavy atom. The first kappa shape index (κ1) is 13.1. The van der Waals surface area contributed by atoms with Crippen LogP contribution in [0.3, 0.4) is 0 Å². The highest BCUT2D eigenvalue weighted by Crippen LogP contribution is 2.16. The lowest BCUT2D eigenvalue weighted by Crippen LogP contribution is -2.17. The van der Waals surface area contributed by atoms with Gasteiger partial charge >= 0.3 is 5.97 Å². The maximum Gasteiger partial charge on any atom is 0.374 e.